The highest BCUT2D eigenvalue weighted by Gasteiger charge is 2.06. The fourth-order valence-corrected chi connectivity index (χ4v) is 0.943. The van der Waals surface area contributed by atoms with Gasteiger partial charge in [0, 0.05) is 11.8 Å². The number of aliphatic carboxylic acids is 1. The Hall–Kier alpha value is -1.91. The van der Waals surface area contributed by atoms with Crippen LogP contribution in [0.2, 0.25) is 0 Å². The normalized spacial score (nSPS) is 9.50. The molecule has 1 aromatic rings. The topological polar surface area (TPSA) is 81.8 Å². The van der Waals surface area contributed by atoms with Gasteiger partial charge in [-0.05, 0) is 12.1 Å². The van der Waals surface area contributed by atoms with E-state index in [9.17, 15) is 4.79 Å². The third kappa shape index (κ3) is 2.55. The molecule has 76 valence electrons. The second-order valence-electron chi connectivity index (χ2n) is 2.59. The fraction of sp³-hybridized carbons (Fsp3) is 0.222. The van der Waals surface area contributed by atoms with E-state index in [4.69, 9.17) is 20.3 Å². The molecule has 0 unspecified atom stereocenters. The minimum Gasteiger partial charge on any atom is -0.493 e. The van der Waals surface area contributed by atoms with Crippen LogP contribution in [-0.2, 0) is 4.79 Å². The van der Waals surface area contributed by atoms with Crippen molar-refractivity contribution in [2.45, 2.75) is 0 Å². The number of nitrogen functional groups attached to an aromatic ring is 1. The van der Waals surface area contributed by atoms with E-state index in [2.05, 4.69) is 0 Å². The van der Waals surface area contributed by atoms with Crippen LogP contribution in [0.5, 0.6) is 11.5 Å². The zero-order chi connectivity index (χ0) is 10.6. The summed E-state index contributed by atoms with van der Waals surface area (Å²) in [6, 6.07) is 4.74. The van der Waals surface area contributed by atoms with Gasteiger partial charge in [-0.2, -0.15) is 0 Å². The summed E-state index contributed by atoms with van der Waals surface area (Å²) in [5, 5.41) is 8.40. The summed E-state index contributed by atoms with van der Waals surface area (Å²) in [6.07, 6.45) is 0. The SMILES string of the molecule is COc1cc(N)ccc1OCC(=O)O. The molecule has 0 amide bonds. The molecule has 0 heterocycles. The van der Waals surface area contributed by atoms with Crippen LogP contribution in [0.3, 0.4) is 0 Å². The molecule has 0 fully saturated rings. The summed E-state index contributed by atoms with van der Waals surface area (Å²) >= 11 is 0. The molecule has 0 saturated heterocycles. The zero-order valence-corrected chi connectivity index (χ0v) is 7.69. The first-order valence-corrected chi connectivity index (χ1v) is 3.91. The van der Waals surface area contributed by atoms with Gasteiger partial charge < -0.3 is 20.3 Å². The molecular weight excluding hydrogens is 186 g/mol. The number of rotatable bonds is 4. The summed E-state index contributed by atoms with van der Waals surface area (Å²) in [5.41, 5.74) is 6.04. The Morgan fingerprint density at radius 3 is 2.79 bits per heavy atom. The first-order chi connectivity index (χ1) is 6.63. The molecular formula is C9H11NO4. The van der Waals surface area contributed by atoms with Gasteiger partial charge in [0.25, 0.3) is 0 Å². The van der Waals surface area contributed by atoms with Gasteiger partial charge in [-0.1, -0.05) is 0 Å². The van der Waals surface area contributed by atoms with E-state index in [1.54, 1.807) is 18.2 Å². The smallest absolute Gasteiger partial charge is 0.341 e. The molecule has 0 aliphatic carbocycles. The second kappa shape index (κ2) is 4.36. The first kappa shape index (κ1) is 10.2. The monoisotopic (exact) mass is 197 g/mol. The number of ether oxygens (including phenoxy) is 2. The van der Waals surface area contributed by atoms with Crippen LogP contribution in [0, 0.1) is 0 Å². The molecule has 0 radical (unpaired) electrons. The highest BCUT2D eigenvalue weighted by atomic mass is 16.5. The van der Waals surface area contributed by atoms with Crippen LogP contribution in [0.25, 0.3) is 0 Å². The minimum absolute atomic E-state index is 0.365. The van der Waals surface area contributed by atoms with E-state index in [1.165, 1.54) is 7.11 Å². The molecule has 0 bridgehead atoms. The van der Waals surface area contributed by atoms with E-state index >= 15 is 0 Å². The lowest BCUT2D eigenvalue weighted by Crippen LogP contribution is -2.10. The average molecular weight is 197 g/mol. The quantitative estimate of drug-likeness (QED) is 0.696. The Labute approximate surface area is 81.0 Å². The largest absolute Gasteiger partial charge is 0.493 e. The Morgan fingerprint density at radius 2 is 2.21 bits per heavy atom. The number of carboxylic acid groups (broad SMARTS) is 1. The van der Waals surface area contributed by atoms with Crippen molar-refractivity contribution in [3.05, 3.63) is 18.2 Å². The number of anilines is 1. The molecule has 0 atom stereocenters. The second-order valence-corrected chi connectivity index (χ2v) is 2.59. The van der Waals surface area contributed by atoms with Gasteiger partial charge in [-0.15, -0.1) is 0 Å². The third-order valence-electron chi connectivity index (χ3n) is 1.54. The Kier molecular flexibility index (Phi) is 3.17. The van der Waals surface area contributed by atoms with Gasteiger partial charge in [0.05, 0.1) is 7.11 Å². The van der Waals surface area contributed by atoms with Gasteiger partial charge in [0.15, 0.2) is 18.1 Å². The molecule has 3 N–H and O–H groups in total. The fourth-order valence-electron chi connectivity index (χ4n) is 0.943. The molecule has 0 aliphatic heterocycles. The lowest BCUT2D eigenvalue weighted by Gasteiger charge is -2.09. The van der Waals surface area contributed by atoms with Crippen molar-refractivity contribution in [1.82, 2.24) is 0 Å². The Balaban J connectivity index is 2.80. The summed E-state index contributed by atoms with van der Waals surface area (Å²) in [6.45, 7) is -0.403. The van der Waals surface area contributed by atoms with Crippen molar-refractivity contribution < 1.29 is 19.4 Å². The number of carboxylic acids is 1. The molecule has 0 aromatic heterocycles. The van der Waals surface area contributed by atoms with Gasteiger partial charge in [-0.25, -0.2) is 4.79 Å². The number of hydrogen-bond acceptors (Lipinski definition) is 4. The molecule has 14 heavy (non-hydrogen) atoms. The van der Waals surface area contributed by atoms with Crippen LogP contribution in [0.4, 0.5) is 5.69 Å². The number of methoxy groups -OCH3 is 1. The first-order valence-electron chi connectivity index (χ1n) is 3.91. The van der Waals surface area contributed by atoms with E-state index < -0.39 is 12.6 Å². The summed E-state index contributed by atoms with van der Waals surface area (Å²) < 4.78 is 9.92. The maximum absolute atomic E-state index is 10.2. The third-order valence-corrected chi connectivity index (χ3v) is 1.54. The van der Waals surface area contributed by atoms with E-state index in [1.807, 2.05) is 0 Å². The van der Waals surface area contributed by atoms with Crippen LogP contribution >= 0.6 is 0 Å². The van der Waals surface area contributed by atoms with Crippen LogP contribution in [0.1, 0.15) is 0 Å². The predicted octanol–water partition coefficient (Wildman–Crippen LogP) is 0.741. The predicted molar refractivity (Wildman–Crippen MR) is 50.5 cm³/mol. The summed E-state index contributed by atoms with van der Waals surface area (Å²) in [4.78, 5) is 10.2. The minimum atomic E-state index is -1.04. The number of carbonyl (C=O) groups is 1. The van der Waals surface area contributed by atoms with Crippen LogP contribution in [0.15, 0.2) is 18.2 Å². The zero-order valence-electron chi connectivity index (χ0n) is 7.69. The number of benzene rings is 1. The molecule has 1 rings (SSSR count). The van der Waals surface area contributed by atoms with Crippen molar-refractivity contribution in [2.24, 2.45) is 0 Å². The van der Waals surface area contributed by atoms with E-state index in [-0.39, 0.29) is 0 Å². The van der Waals surface area contributed by atoms with E-state index in [0.717, 1.165) is 0 Å². The van der Waals surface area contributed by atoms with Crippen LogP contribution in [-0.4, -0.2) is 24.8 Å². The Bertz CT molecular complexity index is 338. The number of nitrogens with two attached hydrogens (primary N) is 1. The molecule has 5 nitrogen and oxygen atoms in total. The molecule has 0 saturated carbocycles. The maximum Gasteiger partial charge on any atom is 0.341 e. The van der Waals surface area contributed by atoms with E-state index in [0.29, 0.717) is 17.2 Å². The highest BCUT2D eigenvalue weighted by Crippen LogP contribution is 2.28. The standard InChI is InChI=1S/C9H11NO4/c1-13-8-4-6(10)2-3-7(8)14-5-9(11)12/h2-4H,5,10H2,1H3,(H,11,12). The van der Waals surface area contributed by atoms with Crippen molar-refractivity contribution in [2.75, 3.05) is 19.5 Å². The van der Waals surface area contributed by atoms with Gasteiger partial charge in [0.1, 0.15) is 0 Å². The van der Waals surface area contributed by atoms with Crippen molar-refractivity contribution in [1.29, 1.82) is 0 Å². The molecule has 5 heteroatoms. The maximum atomic E-state index is 10.2. The average Bonchev–Trinajstić information content (AvgIpc) is 2.15. The molecule has 1 aromatic carbocycles. The highest BCUT2D eigenvalue weighted by molar-refractivity contribution is 5.68. The van der Waals surface area contributed by atoms with Gasteiger partial charge >= 0.3 is 5.97 Å². The number of hydrogen-bond donors (Lipinski definition) is 2. The summed E-state index contributed by atoms with van der Waals surface area (Å²) in [7, 11) is 1.46. The summed E-state index contributed by atoms with van der Waals surface area (Å²) in [5.74, 6) is -0.251. The van der Waals surface area contributed by atoms with Crippen LogP contribution < -0.4 is 15.2 Å². The lowest BCUT2D eigenvalue weighted by atomic mass is 10.3. The van der Waals surface area contributed by atoms with Gasteiger partial charge in [0.2, 0.25) is 0 Å². The molecule has 0 aliphatic rings. The lowest BCUT2D eigenvalue weighted by molar-refractivity contribution is -0.139. The van der Waals surface area contributed by atoms with Gasteiger partial charge in [-0.3, -0.25) is 0 Å². The Morgan fingerprint density at radius 1 is 1.50 bits per heavy atom. The van der Waals surface area contributed by atoms with Crippen molar-refractivity contribution in [3.8, 4) is 11.5 Å². The van der Waals surface area contributed by atoms with Crippen molar-refractivity contribution in [3.63, 3.8) is 0 Å². The van der Waals surface area contributed by atoms with Crippen molar-refractivity contribution >= 4 is 11.7 Å². The molecule has 0 spiro atoms.